The normalized spacial score (nSPS) is 14.8. The fourth-order valence-corrected chi connectivity index (χ4v) is 1.84. The molecule has 0 fully saturated rings. The van der Waals surface area contributed by atoms with Crippen molar-refractivity contribution in [2.75, 3.05) is 6.61 Å². The van der Waals surface area contributed by atoms with Crippen LogP contribution in [0, 0.1) is 0 Å². The van der Waals surface area contributed by atoms with Crippen LogP contribution in [0.2, 0.25) is 0 Å². The Hall–Kier alpha value is -1.56. The molecule has 0 aliphatic carbocycles. The van der Waals surface area contributed by atoms with Gasteiger partial charge >= 0.3 is 12.1 Å². The van der Waals surface area contributed by atoms with Crippen molar-refractivity contribution in [3.05, 3.63) is 35.4 Å². The largest absolute Gasteiger partial charge is 0.466 e. The van der Waals surface area contributed by atoms with E-state index in [2.05, 4.69) is 0 Å². The minimum Gasteiger partial charge on any atom is -0.466 e. The van der Waals surface area contributed by atoms with E-state index >= 15 is 0 Å². The first-order chi connectivity index (χ1) is 8.68. The maximum atomic E-state index is 12.9. The molecule has 1 aromatic carbocycles. The highest BCUT2D eigenvalue weighted by molar-refractivity contribution is 5.71. The second-order valence-corrected chi connectivity index (χ2v) is 4.44. The molecule has 1 atom stereocenters. The predicted molar refractivity (Wildman–Crippen MR) is 64.2 cm³/mol. The summed E-state index contributed by atoms with van der Waals surface area (Å²) in [7, 11) is 0. The van der Waals surface area contributed by atoms with Gasteiger partial charge in [0, 0.05) is 5.54 Å². The first-order valence-electron chi connectivity index (χ1n) is 5.79. The maximum Gasteiger partial charge on any atom is 0.416 e. The van der Waals surface area contributed by atoms with Gasteiger partial charge in [-0.3, -0.25) is 4.79 Å². The summed E-state index contributed by atoms with van der Waals surface area (Å²) in [5.41, 5.74) is 3.49. The fraction of sp³-hybridized carbons (Fsp3) is 0.462. The van der Waals surface area contributed by atoms with Crippen molar-refractivity contribution in [1.82, 2.24) is 0 Å². The highest BCUT2D eigenvalue weighted by Gasteiger charge is 2.38. The third-order valence-corrected chi connectivity index (χ3v) is 2.66. The van der Waals surface area contributed by atoms with Crippen molar-refractivity contribution in [2.45, 2.75) is 32.0 Å². The van der Waals surface area contributed by atoms with E-state index in [1.54, 1.807) is 6.92 Å². The average Bonchev–Trinajstić information content (AvgIpc) is 2.27. The second kappa shape index (κ2) is 5.61. The third kappa shape index (κ3) is 3.96. The SMILES string of the molecule is CCOC(=O)CC(C)(N)c1ccccc1C(F)(F)F. The van der Waals surface area contributed by atoms with E-state index in [4.69, 9.17) is 10.5 Å². The quantitative estimate of drug-likeness (QED) is 0.860. The van der Waals surface area contributed by atoms with Crippen LogP contribution in [-0.2, 0) is 21.2 Å². The van der Waals surface area contributed by atoms with Gasteiger partial charge in [0.25, 0.3) is 0 Å². The summed E-state index contributed by atoms with van der Waals surface area (Å²) in [5.74, 6) is -0.621. The molecule has 3 nitrogen and oxygen atoms in total. The van der Waals surface area contributed by atoms with Gasteiger partial charge in [-0.05, 0) is 25.5 Å². The Bertz CT molecular complexity index is 455. The first kappa shape index (κ1) is 15.5. The topological polar surface area (TPSA) is 52.3 Å². The lowest BCUT2D eigenvalue weighted by Crippen LogP contribution is -2.38. The average molecular weight is 275 g/mol. The summed E-state index contributed by atoms with van der Waals surface area (Å²) in [6.07, 6.45) is -4.82. The number of rotatable bonds is 4. The smallest absolute Gasteiger partial charge is 0.416 e. The van der Waals surface area contributed by atoms with E-state index in [0.717, 1.165) is 6.07 Å². The zero-order valence-electron chi connectivity index (χ0n) is 10.8. The van der Waals surface area contributed by atoms with Gasteiger partial charge in [-0.15, -0.1) is 0 Å². The summed E-state index contributed by atoms with van der Waals surface area (Å²) in [6.45, 7) is 3.17. The summed E-state index contributed by atoms with van der Waals surface area (Å²) < 4.78 is 43.4. The van der Waals surface area contributed by atoms with E-state index in [1.165, 1.54) is 25.1 Å². The van der Waals surface area contributed by atoms with Gasteiger partial charge in [-0.25, -0.2) is 0 Å². The van der Waals surface area contributed by atoms with Gasteiger partial charge in [0.2, 0.25) is 0 Å². The molecule has 0 saturated carbocycles. The van der Waals surface area contributed by atoms with Crippen LogP contribution in [0.4, 0.5) is 13.2 Å². The van der Waals surface area contributed by atoms with Crippen molar-refractivity contribution in [3.63, 3.8) is 0 Å². The number of benzene rings is 1. The summed E-state index contributed by atoms with van der Waals surface area (Å²) >= 11 is 0. The Morgan fingerprint density at radius 3 is 2.26 bits per heavy atom. The second-order valence-electron chi connectivity index (χ2n) is 4.44. The Labute approximate surface area is 109 Å². The van der Waals surface area contributed by atoms with Crippen molar-refractivity contribution in [2.24, 2.45) is 5.73 Å². The molecule has 0 aliphatic rings. The van der Waals surface area contributed by atoms with Gasteiger partial charge in [0.05, 0.1) is 18.6 Å². The van der Waals surface area contributed by atoms with Crippen LogP contribution in [0.25, 0.3) is 0 Å². The van der Waals surface area contributed by atoms with Gasteiger partial charge in [-0.2, -0.15) is 13.2 Å². The number of hydrogen-bond donors (Lipinski definition) is 1. The molecule has 1 unspecified atom stereocenters. The molecule has 0 saturated heterocycles. The molecule has 6 heteroatoms. The molecule has 19 heavy (non-hydrogen) atoms. The van der Waals surface area contributed by atoms with Gasteiger partial charge in [0.1, 0.15) is 0 Å². The monoisotopic (exact) mass is 275 g/mol. The highest BCUT2D eigenvalue weighted by atomic mass is 19.4. The van der Waals surface area contributed by atoms with Crippen molar-refractivity contribution in [3.8, 4) is 0 Å². The number of ether oxygens (including phenoxy) is 1. The van der Waals surface area contributed by atoms with E-state index < -0.39 is 23.2 Å². The number of hydrogen-bond acceptors (Lipinski definition) is 3. The number of nitrogens with two attached hydrogens (primary N) is 1. The summed E-state index contributed by atoms with van der Waals surface area (Å²) in [6, 6.07) is 4.97. The summed E-state index contributed by atoms with van der Waals surface area (Å²) in [4.78, 5) is 11.4. The number of halogens is 3. The zero-order valence-corrected chi connectivity index (χ0v) is 10.8. The molecular formula is C13H16F3NO2. The molecule has 0 spiro atoms. The van der Waals surface area contributed by atoms with Crippen LogP contribution in [0.15, 0.2) is 24.3 Å². The molecule has 1 aromatic rings. The number of carbonyl (C=O) groups excluding carboxylic acids is 1. The lowest BCUT2D eigenvalue weighted by Gasteiger charge is -2.27. The van der Waals surface area contributed by atoms with Crippen molar-refractivity contribution in [1.29, 1.82) is 0 Å². The van der Waals surface area contributed by atoms with E-state index in [0.29, 0.717) is 0 Å². The van der Waals surface area contributed by atoms with Crippen molar-refractivity contribution < 1.29 is 22.7 Å². The zero-order chi connectivity index (χ0) is 14.7. The van der Waals surface area contributed by atoms with Crippen LogP contribution < -0.4 is 5.73 Å². The molecular weight excluding hydrogens is 259 g/mol. The Morgan fingerprint density at radius 2 is 1.79 bits per heavy atom. The van der Waals surface area contributed by atoms with Crippen LogP contribution in [0.1, 0.15) is 31.4 Å². The molecule has 0 bridgehead atoms. The third-order valence-electron chi connectivity index (χ3n) is 2.66. The standard InChI is InChI=1S/C13H16F3NO2/c1-3-19-11(18)8-12(2,17)9-6-4-5-7-10(9)13(14,15)16/h4-7H,3,8,17H2,1-2H3. The van der Waals surface area contributed by atoms with Crippen LogP contribution >= 0.6 is 0 Å². The predicted octanol–water partition coefficient (Wildman–Crippen LogP) is 2.83. The number of alkyl halides is 3. The fourth-order valence-electron chi connectivity index (χ4n) is 1.84. The lowest BCUT2D eigenvalue weighted by molar-refractivity contribution is -0.146. The minimum atomic E-state index is -4.51. The molecule has 106 valence electrons. The molecule has 0 aromatic heterocycles. The summed E-state index contributed by atoms with van der Waals surface area (Å²) in [5, 5.41) is 0. The van der Waals surface area contributed by atoms with Gasteiger partial charge in [0.15, 0.2) is 0 Å². The van der Waals surface area contributed by atoms with Crippen LogP contribution in [0.5, 0.6) is 0 Å². The molecule has 0 heterocycles. The highest BCUT2D eigenvalue weighted by Crippen LogP contribution is 2.36. The maximum absolute atomic E-state index is 12.9. The number of carbonyl (C=O) groups is 1. The lowest BCUT2D eigenvalue weighted by atomic mass is 9.86. The van der Waals surface area contributed by atoms with Crippen molar-refractivity contribution >= 4 is 5.97 Å². The Balaban J connectivity index is 3.11. The minimum absolute atomic E-state index is 0.115. The van der Waals surface area contributed by atoms with E-state index in [9.17, 15) is 18.0 Å². The molecule has 0 aliphatic heterocycles. The number of esters is 1. The van der Waals surface area contributed by atoms with E-state index in [-0.39, 0.29) is 18.6 Å². The Kier molecular flexibility index (Phi) is 4.57. The molecule has 0 amide bonds. The van der Waals surface area contributed by atoms with Gasteiger partial charge in [-0.1, -0.05) is 18.2 Å². The van der Waals surface area contributed by atoms with E-state index in [1.807, 2.05) is 0 Å². The molecule has 0 radical (unpaired) electrons. The van der Waals surface area contributed by atoms with Crippen LogP contribution in [-0.4, -0.2) is 12.6 Å². The Morgan fingerprint density at radius 1 is 1.26 bits per heavy atom. The van der Waals surface area contributed by atoms with Gasteiger partial charge < -0.3 is 10.5 Å². The first-order valence-corrected chi connectivity index (χ1v) is 5.79. The molecule has 2 N–H and O–H groups in total. The van der Waals surface area contributed by atoms with Crippen LogP contribution in [0.3, 0.4) is 0 Å². The molecule has 1 rings (SSSR count).